The van der Waals surface area contributed by atoms with Crippen LogP contribution in [0.2, 0.25) is 5.02 Å². The van der Waals surface area contributed by atoms with Gasteiger partial charge in [-0.05, 0) is 43.7 Å². The summed E-state index contributed by atoms with van der Waals surface area (Å²) in [5, 5.41) is 4.50. The van der Waals surface area contributed by atoms with Crippen molar-refractivity contribution < 1.29 is 0 Å². The zero-order valence-corrected chi connectivity index (χ0v) is 11.6. The predicted octanol–water partition coefficient (Wildman–Crippen LogP) is 5.03. The molecule has 0 heterocycles. The van der Waals surface area contributed by atoms with E-state index in [-0.39, 0.29) is 0 Å². The summed E-state index contributed by atoms with van der Waals surface area (Å²) < 4.78 is 0. The van der Waals surface area contributed by atoms with E-state index >= 15 is 0 Å². The van der Waals surface area contributed by atoms with Crippen LogP contribution in [-0.2, 0) is 0 Å². The van der Waals surface area contributed by atoms with Crippen molar-refractivity contribution in [2.45, 2.75) is 52.0 Å². The molecule has 0 amide bonds. The number of rotatable bonds is 2. The van der Waals surface area contributed by atoms with Crippen molar-refractivity contribution in [2.75, 3.05) is 5.32 Å². The van der Waals surface area contributed by atoms with Gasteiger partial charge in [0.2, 0.25) is 0 Å². The van der Waals surface area contributed by atoms with Crippen LogP contribution in [0, 0.1) is 12.8 Å². The van der Waals surface area contributed by atoms with Gasteiger partial charge in [-0.1, -0.05) is 43.5 Å². The van der Waals surface area contributed by atoms with Gasteiger partial charge in [-0.25, -0.2) is 0 Å². The van der Waals surface area contributed by atoms with Crippen LogP contribution in [0.1, 0.15) is 44.6 Å². The molecule has 94 valence electrons. The van der Waals surface area contributed by atoms with Crippen LogP contribution in [0.15, 0.2) is 18.2 Å². The van der Waals surface area contributed by atoms with Gasteiger partial charge in [0.05, 0.1) is 10.7 Å². The molecule has 2 unspecified atom stereocenters. The van der Waals surface area contributed by atoms with E-state index in [0.29, 0.717) is 6.04 Å². The lowest BCUT2D eigenvalue weighted by Gasteiger charge is -2.20. The van der Waals surface area contributed by atoms with Crippen molar-refractivity contribution in [3.8, 4) is 0 Å². The van der Waals surface area contributed by atoms with Crippen LogP contribution in [-0.4, -0.2) is 6.04 Å². The minimum atomic E-state index is 0.596. The average Bonchev–Trinajstić information content (AvgIpc) is 2.49. The first-order chi connectivity index (χ1) is 8.16. The Bertz CT molecular complexity index is 355. The van der Waals surface area contributed by atoms with Crippen molar-refractivity contribution in [1.82, 2.24) is 0 Å². The number of hydrogen-bond donors (Lipinski definition) is 1. The highest BCUT2D eigenvalue weighted by Gasteiger charge is 2.17. The Labute approximate surface area is 110 Å². The molecule has 1 saturated carbocycles. The number of nitrogens with one attached hydrogen (secondary N) is 1. The van der Waals surface area contributed by atoms with E-state index in [2.05, 4.69) is 25.2 Å². The number of hydrogen-bond acceptors (Lipinski definition) is 1. The van der Waals surface area contributed by atoms with Gasteiger partial charge in [0.1, 0.15) is 0 Å². The molecular weight excluding hydrogens is 230 g/mol. The van der Waals surface area contributed by atoms with Crippen LogP contribution < -0.4 is 5.32 Å². The summed E-state index contributed by atoms with van der Waals surface area (Å²) >= 11 is 6.26. The number of aryl methyl sites for hydroxylation is 1. The van der Waals surface area contributed by atoms with E-state index in [0.717, 1.165) is 16.6 Å². The number of anilines is 1. The molecule has 0 aromatic heterocycles. The smallest absolute Gasteiger partial charge is 0.0640 e. The zero-order valence-electron chi connectivity index (χ0n) is 10.8. The fourth-order valence-corrected chi connectivity index (χ4v) is 2.93. The summed E-state index contributed by atoms with van der Waals surface area (Å²) in [7, 11) is 0. The van der Waals surface area contributed by atoms with Gasteiger partial charge in [-0.2, -0.15) is 0 Å². The Hall–Kier alpha value is -0.690. The normalized spacial score (nSPS) is 25.4. The highest BCUT2D eigenvalue weighted by Crippen LogP contribution is 2.30. The summed E-state index contributed by atoms with van der Waals surface area (Å²) in [6.07, 6.45) is 6.59. The second-order valence-electron chi connectivity index (χ2n) is 5.39. The molecule has 2 atom stereocenters. The summed E-state index contributed by atoms with van der Waals surface area (Å²) in [6, 6.07) is 6.69. The number of para-hydroxylation sites is 1. The lowest BCUT2D eigenvalue weighted by molar-refractivity contribution is 0.502. The summed E-state index contributed by atoms with van der Waals surface area (Å²) in [5.74, 6) is 0.883. The van der Waals surface area contributed by atoms with Gasteiger partial charge in [0.15, 0.2) is 0 Å². The molecule has 2 rings (SSSR count). The molecule has 0 spiro atoms. The molecule has 1 aromatic rings. The van der Waals surface area contributed by atoms with Gasteiger partial charge in [-0.3, -0.25) is 0 Å². The standard InChI is InChI=1S/C15H22ClN/c1-11-5-3-7-13(10-9-11)17-15-12(2)6-4-8-14(15)16/h4,6,8,11,13,17H,3,5,7,9-10H2,1-2H3. The monoisotopic (exact) mass is 251 g/mol. The van der Waals surface area contributed by atoms with E-state index in [4.69, 9.17) is 11.6 Å². The minimum absolute atomic E-state index is 0.596. The van der Waals surface area contributed by atoms with Crippen molar-refractivity contribution in [2.24, 2.45) is 5.92 Å². The first kappa shape index (κ1) is 12.8. The second kappa shape index (κ2) is 5.77. The molecule has 1 N–H and O–H groups in total. The lowest BCUT2D eigenvalue weighted by atomic mass is 10.0. The molecule has 1 aliphatic carbocycles. The number of halogens is 1. The minimum Gasteiger partial charge on any atom is -0.381 e. The molecule has 17 heavy (non-hydrogen) atoms. The fraction of sp³-hybridized carbons (Fsp3) is 0.600. The van der Waals surface area contributed by atoms with E-state index in [9.17, 15) is 0 Å². The van der Waals surface area contributed by atoms with E-state index < -0.39 is 0 Å². The zero-order chi connectivity index (χ0) is 12.3. The average molecular weight is 252 g/mol. The van der Waals surface area contributed by atoms with Crippen LogP contribution in [0.4, 0.5) is 5.69 Å². The lowest BCUT2D eigenvalue weighted by Crippen LogP contribution is -2.19. The Kier molecular flexibility index (Phi) is 4.33. The molecule has 0 radical (unpaired) electrons. The van der Waals surface area contributed by atoms with Gasteiger partial charge in [-0.15, -0.1) is 0 Å². The third kappa shape index (κ3) is 3.38. The van der Waals surface area contributed by atoms with Crippen molar-refractivity contribution in [1.29, 1.82) is 0 Å². The first-order valence-corrected chi connectivity index (χ1v) is 7.06. The van der Waals surface area contributed by atoms with Crippen LogP contribution in [0.3, 0.4) is 0 Å². The van der Waals surface area contributed by atoms with E-state index in [1.54, 1.807) is 0 Å². The van der Waals surface area contributed by atoms with Gasteiger partial charge < -0.3 is 5.32 Å². The Morgan fingerprint density at radius 1 is 1.18 bits per heavy atom. The third-order valence-electron chi connectivity index (χ3n) is 3.83. The fourth-order valence-electron chi connectivity index (χ4n) is 2.65. The topological polar surface area (TPSA) is 12.0 Å². The van der Waals surface area contributed by atoms with Crippen LogP contribution >= 0.6 is 11.6 Å². The van der Waals surface area contributed by atoms with Crippen molar-refractivity contribution in [3.63, 3.8) is 0 Å². The molecule has 1 nitrogen and oxygen atoms in total. The molecule has 0 aliphatic heterocycles. The Balaban J connectivity index is 2.05. The maximum absolute atomic E-state index is 6.26. The highest BCUT2D eigenvalue weighted by atomic mass is 35.5. The molecular formula is C15H22ClN. The SMILES string of the molecule is Cc1cccc(Cl)c1NC1CCCC(C)CC1. The predicted molar refractivity (Wildman–Crippen MR) is 75.8 cm³/mol. The first-order valence-electron chi connectivity index (χ1n) is 6.68. The van der Waals surface area contributed by atoms with Gasteiger partial charge in [0, 0.05) is 6.04 Å². The summed E-state index contributed by atoms with van der Waals surface area (Å²) in [6.45, 7) is 4.48. The van der Waals surface area contributed by atoms with Gasteiger partial charge in [0.25, 0.3) is 0 Å². The second-order valence-corrected chi connectivity index (χ2v) is 5.79. The maximum atomic E-state index is 6.26. The Morgan fingerprint density at radius 2 is 2.00 bits per heavy atom. The molecule has 1 fully saturated rings. The van der Waals surface area contributed by atoms with Gasteiger partial charge >= 0.3 is 0 Å². The maximum Gasteiger partial charge on any atom is 0.0640 e. The summed E-state index contributed by atoms with van der Waals surface area (Å²) in [5.41, 5.74) is 2.38. The summed E-state index contributed by atoms with van der Waals surface area (Å²) in [4.78, 5) is 0. The van der Waals surface area contributed by atoms with Crippen LogP contribution in [0.25, 0.3) is 0 Å². The molecule has 1 aliphatic rings. The Morgan fingerprint density at radius 3 is 2.76 bits per heavy atom. The highest BCUT2D eigenvalue weighted by molar-refractivity contribution is 6.33. The largest absolute Gasteiger partial charge is 0.381 e. The van der Waals surface area contributed by atoms with E-state index in [1.165, 1.54) is 37.7 Å². The molecule has 0 bridgehead atoms. The van der Waals surface area contributed by atoms with Crippen molar-refractivity contribution >= 4 is 17.3 Å². The molecule has 2 heteroatoms. The molecule has 0 saturated heterocycles. The quantitative estimate of drug-likeness (QED) is 0.727. The third-order valence-corrected chi connectivity index (χ3v) is 4.14. The molecule has 1 aromatic carbocycles. The number of benzene rings is 1. The van der Waals surface area contributed by atoms with E-state index in [1.807, 2.05) is 12.1 Å². The van der Waals surface area contributed by atoms with Crippen molar-refractivity contribution in [3.05, 3.63) is 28.8 Å². The van der Waals surface area contributed by atoms with Crippen LogP contribution in [0.5, 0.6) is 0 Å².